The van der Waals surface area contributed by atoms with Gasteiger partial charge in [-0.2, -0.15) is 0 Å². The number of benzene rings is 2. The van der Waals surface area contributed by atoms with E-state index in [1.807, 2.05) is 0 Å². The summed E-state index contributed by atoms with van der Waals surface area (Å²) in [6, 6.07) is 8.63. The van der Waals surface area contributed by atoms with Crippen molar-refractivity contribution < 1.29 is 24.2 Å². The highest BCUT2D eigenvalue weighted by atomic mass is 16.3. The molecule has 0 atom stereocenters. The molecule has 0 spiro atoms. The predicted octanol–water partition coefficient (Wildman–Crippen LogP) is 1.20. The average Bonchev–Trinajstić information content (AvgIpc) is 3.32. The number of aliphatic hydroxyl groups is 2. The standard InChI is InChI=1S/C24H28N4O5/c29-12-10-25-6-8-27-20-17-5-14-33-24(17)21(28-9-7-26-11-13-30)19-18(20)22(31)15-3-1-2-4-16(15)23(19)32/h1-5,14,25-30H,6-13H2. The summed E-state index contributed by atoms with van der Waals surface area (Å²) in [6.07, 6.45) is 1.54. The van der Waals surface area contributed by atoms with E-state index in [0.717, 1.165) is 0 Å². The Hall–Kier alpha value is -3.24. The van der Waals surface area contributed by atoms with Crippen LogP contribution in [0.1, 0.15) is 31.8 Å². The van der Waals surface area contributed by atoms with Gasteiger partial charge in [-0.15, -0.1) is 0 Å². The quantitative estimate of drug-likeness (QED) is 0.138. The summed E-state index contributed by atoms with van der Waals surface area (Å²) < 4.78 is 5.78. The van der Waals surface area contributed by atoms with E-state index in [1.165, 1.54) is 0 Å². The van der Waals surface area contributed by atoms with Crippen molar-refractivity contribution in [2.24, 2.45) is 0 Å². The summed E-state index contributed by atoms with van der Waals surface area (Å²) >= 11 is 0. The Morgan fingerprint density at radius 3 is 1.82 bits per heavy atom. The van der Waals surface area contributed by atoms with E-state index in [9.17, 15) is 9.59 Å². The van der Waals surface area contributed by atoms with Crippen molar-refractivity contribution in [3.63, 3.8) is 0 Å². The van der Waals surface area contributed by atoms with Crippen LogP contribution in [0.5, 0.6) is 0 Å². The summed E-state index contributed by atoms with van der Waals surface area (Å²) in [5.74, 6) is -0.443. The maximum absolute atomic E-state index is 13.6. The van der Waals surface area contributed by atoms with Crippen LogP contribution in [-0.2, 0) is 0 Å². The molecule has 0 bridgehead atoms. The van der Waals surface area contributed by atoms with E-state index in [1.54, 1.807) is 36.6 Å². The van der Waals surface area contributed by atoms with Gasteiger partial charge in [0.25, 0.3) is 0 Å². The molecule has 0 saturated carbocycles. The highest BCUT2D eigenvalue weighted by molar-refractivity contribution is 6.34. The van der Waals surface area contributed by atoms with E-state index in [4.69, 9.17) is 14.6 Å². The lowest BCUT2D eigenvalue weighted by molar-refractivity contribution is 0.0980. The van der Waals surface area contributed by atoms with E-state index in [-0.39, 0.29) is 24.8 Å². The van der Waals surface area contributed by atoms with Crippen LogP contribution < -0.4 is 21.3 Å². The van der Waals surface area contributed by atoms with Gasteiger partial charge < -0.3 is 35.9 Å². The molecule has 0 amide bonds. The zero-order valence-electron chi connectivity index (χ0n) is 18.2. The first kappa shape index (κ1) is 22.9. The van der Waals surface area contributed by atoms with Crippen LogP contribution in [-0.4, -0.2) is 74.3 Å². The third-order valence-corrected chi connectivity index (χ3v) is 5.57. The Balaban J connectivity index is 1.78. The molecule has 0 aliphatic heterocycles. The molecule has 3 aromatic rings. The van der Waals surface area contributed by atoms with Gasteiger partial charge in [0.2, 0.25) is 0 Å². The molecule has 33 heavy (non-hydrogen) atoms. The molecule has 2 aromatic carbocycles. The third kappa shape index (κ3) is 4.49. The Morgan fingerprint density at radius 1 is 0.697 bits per heavy atom. The first-order chi connectivity index (χ1) is 16.2. The summed E-state index contributed by atoms with van der Waals surface area (Å²) in [7, 11) is 0. The monoisotopic (exact) mass is 452 g/mol. The van der Waals surface area contributed by atoms with Gasteiger partial charge in [0.05, 0.1) is 42.0 Å². The van der Waals surface area contributed by atoms with Gasteiger partial charge in [-0.05, 0) is 6.07 Å². The number of hydrogen-bond donors (Lipinski definition) is 6. The molecule has 1 aliphatic carbocycles. The van der Waals surface area contributed by atoms with Gasteiger partial charge in [-0.25, -0.2) is 0 Å². The molecule has 0 saturated heterocycles. The first-order valence-electron chi connectivity index (χ1n) is 11.1. The lowest BCUT2D eigenvalue weighted by Gasteiger charge is -2.24. The Labute approximate surface area is 191 Å². The van der Waals surface area contributed by atoms with Gasteiger partial charge in [0, 0.05) is 55.8 Å². The number of carbonyl (C=O) groups is 2. The molecule has 174 valence electrons. The van der Waals surface area contributed by atoms with Gasteiger partial charge in [-0.3, -0.25) is 9.59 Å². The van der Waals surface area contributed by atoms with Gasteiger partial charge >= 0.3 is 0 Å². The molecule has 0 unspecified atom stereocenters. The molecular formula is C24H28N4O5. The van der Waals surface area contributed by atoms with Crippen molar-refractivity contribution in [2.45, 2.75) is 0 Å². The number of carbonyl (C=O) groups excluding carboxylic acids is 2. The van der Waals surface area contributed by atoms with Crippen molar-refractivity contribution in [3.8, 4) is 0 Å². The summed E-state index contributed by atoms with van der Waals surface area (Å²) in [4.78, 5) is 27.2. The molecule has 1 aliphatic rings. The highest BCUT2D eigenvalue weighted by Crippen LogP contribution is 2.43. The zero-order chi connectivity index (χ0) is 23.2. The van der Waals surface area contributed by atoms with Crippen LogP contribution in [0, 0.1) is 0 Å². The number of nitrogens with one attached hydrogen (secondary N) is 4. The maximum atomic E-state index is 13.6. The Kier molecular flexibility index (Phi) is 7.36. The first-order valence-corrected chi connectivity index (χ1v) is 11.1. The van der Waals surface area contributed by atoms with Crippen molar-refractivity contribution in [3.05, 3.63) is 58.8 Å². The minimum atomic E-state index is -0.231. The van der Waals surface area contributed by atoms with Crippen LogP contribution in [0.2, 0.25) is 0 Å². The average molecular weight is 453 g/mol. The predicted molar refractivity (Wildman–Crippen MR) is 126 cm³/mol. The number of hydrogen-bond acceptors (Lipinski definition) is 9. The van der Waals surface area contributed by atoms with E-state index < -0.39 is 0 Å². The smallest absolute Gasteiger partial charge is 0.196 e. The molecule has 0 fully saturated rings. The maximum Gasteiger partial charge on any atom is 0.196 e. The third-order valence-electron chi connectivity index (χ3n) is 5.57. The SMILES string of the molecule is O=C1c2ccccc2C(=O)c2c1c(NCCNCCO)c1ccoc1c2NCCNCCO. The van der Waals surface area contributed by atoms with Crippen LogP contribution in [0.3, 0.4) is 0 Å². The molecule has 9 nitrogen and oxygen atoms in total. The van der Waals surface area contributed by atoms with Crippen LogP contribution >= 0.6 is 0 Å². The number of fused-ring (bicyclic) bond motifs is 3. The Morgan fingerprint density at radius 2 is 1.24 bits per heavy atom. The lowest BCUT2D eigenvalue weighted by atomic mass is 9.81. The second-order valence-corrected chi connectivity index (χ2v) is 7.67. The van der Waals surface area contributed by atoms with Crippen LogP contribution in [0.4, 0.5) is 11.4 Å². The number of anilines is 2. The Bertz CT molecular complexity index is 1070. The topological polar surface area (TPSA) is 136 Å². The summed E-state index contributed by atoms with van der Waals surface area (Å²) in [6.45, 7) is 3.12. The molecule has 6 N–H and O–H groups in total. The minimum Gasteiger partial charge on any atom is -0.462 e. The van der Waals surface area contributed by atoms with Gasteiger partial charge in [0.15, 0.2) is 17.1 Å². The van der Waals surface area contributed by atoms with E-state index in [2.05, 4.69) is 21.3 Å². The van der Waals surface area contributed by atoms with Crippen LogP contribution in [0.25, 0.3) is 11.0 Å². The van der Waals surface area contributed by atoms with Crippen molar-refractivity contribution in [1.29, 1.82) is 0 Å². The molecule has 4 rings (SSSR count). The molecule has 1 aromatic heterocycles. The minimum absolute atomic E-state index is 0.0368. The molecular weight excluding hydrogens is 424 g/mol. The molecule has 0 radical (unpaired) electrons. The van der Waals surface area contributed by atoms with E-state index in [0.29, 0.717) is 83.9 Å². The second-order valence-electron chi connectivity index (χ2n) is 7.67. The molecule has 1 heterocycles. The van der Waals surface area contributed by atoms with Crippen molar-refractivity contribution in [1.82, 2.24) is 10.6 Å². The highest BCUT2D eigenvalue weighted by Gasteiger charge is 2.36. The summed E-state index contributed by atoms with van der Waals surface area (Å²) in [5.41, 5.74) is 2.95. The fraction of sp³-hybridized carbons (Fsp3) is 0.333. The molecule has 9 heteroatoms. The van der Waals surface area contributed by atoms with Gasteiger partial charge in [-0.1, -0.05) is 24.3 Å². The largest absolute Gasteiger partial charge is 0.462 e. The fourth-order valence-corrected chi connectivity index (χ4v) is 4.11. The zero-order valence-corrected chi connectivity index (χ0v) is 18.2. The van der Waals surface area contributed by atoms with Crippen molar-refractivity contribution in [2.75, 3.05) is 63.1 Å². The normalized spacial score (nSPS) is 12.7. The number of furan rings is 1. The lowest BCUT2D eigenvalue weighted by Crippen LogP contribution is -2.29. The second kappa shape index (κ2) is 10.6. The van der Waals surface area contributed by atoms with E-state index >= 15 is 0 Å². The van der Waals surface area contributed by atoms with Gasteiger partial charge in [0.1, 0.15) is 0 Å². The summed E-state index contributed by atoms with van der Waals surface area (Å²) in [5, 5.41) is 31.4. The number of rotatable bonds is 12. The van der Waals surface area contributed by atoms with Crippen LogP contribution in [0.15, 0.2) is 41.0 Å². The number of aliphatic hydroxyl groups excluding tert-OH is 2. The van der Waals surface area contributed by atoms with Crippen molar-refractivity contribution >= 4 is 33.9 Å². The fourth-order valence-electron chi connectivity index (χ4n) is 4.11. The number of ketones is 2.